The highest BCUT2D eigenvalue weighted by molar-refractivity contribution is 14.1. The quantitative estimate of drug-likeness (QED) is 0.545. The summed E-state index contributed by atoms with van der Waals surface area (Å²) in [5.41, 5.74) is 7.09. The average Bonchev–Trinajstić information content (AvgIpc) is 2.56. The van der Waals surface area contributed by atoms with Gasteiger partial charge in [0.1, 0.15) is 5.75 Å². The molecule has 0 aromatic heterocycles. The Bertz CT molecular complexity index is 780. The Kier molecular flexibility index (Phi) is 6.44. The molecule has 0 fully saturated rings. The Labute approximate surface area is 158 Å². The van der Waals surface area contributed by atoms with Crippen LogP contribution in [0.15, 0.2) is 36.4 Å². The molecule has 126 valence electrons. The highest BCUT2D eigenvalue weighted by atomic mass is 127. The van der Waals surface area contributed by atoms with E-state index in [9.17, 15) is 9.59 Å². The molecule has 2 aromatic rings. The van der Waals surface area contributed by atoms with Crippen LogP contribution >= 0.6 is 34.2 Å². The standard InChI is InChI=1S/C17H16ClIN2O3/c1-10-3-4-12(8-15(10)19)17(23)21-20-16(22)9-24-13-5-6-14(18)11(2)7-13/h3-8H,9H2,1-2H3,(H,20,22)(H,21,23). The van der Waals surface area contributed by atoms with Crippen molar-refractivity contribution in [3.05, 3.63) is 61.7 Å². The molecule has 0 saturated heterocycles. The number of ether oxygens (including phenoxy) is 1. The van der Waals surface area contributed by atoms with Gasteiger partial charge in [0.15, 0.2) is 6.61 Å². The van der Waals surface area contributed by atoms with E-state index in [1.54, 1.807) is 30.3 Å². The van der Waals surface area contributed by atoms with Crippen LogP contribution < -0.4 is 15.6 Å². The van der Waals surface area contributed by atoms with Crippen molar-refractivity contribution in [2.75, 3.05) is 6.61 Å². The number of hydrazine groups is 1. The smallest absolute Gasteiger partial charge is 0.276 e. The van der Waals surface area contributed by atoms with Crippen LogP contribution in [0.25, 0.3) is 0 Å². The molecule has 2 aromatic carbocycles. The normalized spacial score (nSPS) is 10.2. The minimum absolute atomic E-state index is 0.215. The number of amides is 2. The molecule has 2 amide bonds. The Morgan fingerprint density at radius 3 is 2.50 bits per heavy atom. The van der Waals surface area contributed by atoms with E-state index in [0.29, 0.717) is 16.3 Å². The summed E-state index contributed by atoms with van der Waals surface area (Å²) in [6, 6.07) is 10.4. The topological polar surface area (TPSA) is 67.4 Å². The molecule has 5 nitrogen and oxygen atoms in total. The van der Waals surface area contributed by atoms with Gasteiger partial charge in [-0.3, -0.25) is 20.4 Å². The Balaban J connectivity index is 1.83. The van der Waals surface area contributed by atoms with Crippen LogP contribution in [0.1, 0.15) is 21.5 Å². The number of halogens is 2. The maximum absolute atomic E-state index is 12.0. The molecule has 0 spiro atoms. The lowest BCUT2D eigenvalue weighted by atomic mass is 10.1. The van der Waals surface area contributed by atoms with Gasteiger partial charge in [-0.15, -0.1) is 0 Å². The maximum Gasteiger partial charge on any atom is 0.276 e. The zero-order valence-corrected chi connectivity index (χ0v) is 16.1. The minimum atomic E-state index is -0.460. The summed E-state index contributed by atoms with van der Waals surface area (Å²) in [6.07, 6.45) is 0. The molecule has 0 saturated carbocycles. The minimum Gasteiger partial charge on any atom is -0.484 e. The number of benzene rings is 2. The van der Waals surface area contributed by atoms with E-state index in [4.69, 9.17) is 16.3 Å². The fourth-order valence-electron chi connectivity index (χ4n) is 1.82. The molecule has 0 aliphatic rings. The van der Waals surface area contributed by atoms with Crippen LogP contribution in [-0.2, 0) is 4.79 Å². The first-order valence-corrected chi connectivity index (χ1v) is 8.57. The molecule has 7 heteroatoms. The molecular weight excluding hydrogens is 443 g/mol. The number of hydrogen-bond acceptors (Lipinski definition) is 3. The second-order valence-electron chi connectivity index (χ2n) is 5.17. The van der Waals surface area contributed by atoms with Crippen molar-refractivity contribution < 1.29 is 14.3 Å². The molecule has 0 unspecified atom stereocenters. The van der Waals surface area contributed by atoms with E-state index in [2.05, 4.69) is 33.4 Å². The third-order valence-corrected chi connectivity index (χ3v) is 4.84. The summed E-state index contributed by atoms with van der Waals surface area (Å²) in [6.45, 7) is 3.59. The molecule has 0 bridgehead atoms. The van der Waals surface area contributed by atoms with Gasteiger partial charge in [0.2, 0.25) is 0 Å². The first-order valence-electron chi connectivity index (χ1n) is 7.11. The van der Waals surface area contributed by atoms with Crippen LogP contribution in [0.5, 0.6) is 5.75 Å². The van der Waals surface area contributed by atoms with Crippen molar-refractivity contribution in [3.63, 3.8) is 0 Å². The number of hydrogen-bond donors (Lipinski definition) is 2. The van der Waals surface area contributed by atoms with E-state index >= 15 is 0 Å². The van der Waals surface area contributed by atoms with Crippen molar-refractivity contribution in [2.24, 2.45) is 0 Å². The monoisotopic (exact) mass is 458 g/mol. The SMILES string of the molecule is Cc1cc(OCC(=O)NNC(=O)c2ccc(C)c(I)c2)ccc1Cl. The van der Waals surface area contributed by atoms with Gasteiger partial charge in [0.05, 0.1) is 0 Å². The summed E-state index contributed by atoms with van der Waals surface area (Å²) in [5.74, 6) is -0.312. The third-order valence-electron chi connectivity index (χ3n) is 3.25. The van der Waals surface area contributed by atoms with E-state index in [1.807, 2.05) is 19.9 Å². The number of nitrogens with one attached hydrogen (secondary N) is 2. The van der Waals surface area contributed by atoms with E-state index in [1.165, 1.54) is 0 Å². The van der Waals surface area contributed by atoms with Gasteiger partial charge in [-0.05, 0) is 77.9 Å². The lowest BCUT2D eigenvalue weighted by Gasteiger charge is -2.10. The van der Waals surface area contributed by atoms with Crippen LogP contribution in [0.2, 0.25) is 5.02 Å². The van der Waals surface area contributed by atoms with Crippen LogP contribution in [0.3, 0.4) is 0 Å². The van der Waals surface area contributed by atoms with Gasteiger partial charge in [0, 0.05) is 14.2 Å². The predicted octanol–water partition coefficient (Wildman–Crippen LogP) is 3.40. The molecule has 0 atom stereocenters. The zero-order valence-electron chi connectivity index (χ0n) is 13.2. The first kappa shape index (κ1) is 18.5. The summed E-state index contributed by atoms with van der Waals surface area (Å²) in [4.78, 5) is 23.7. The Morgan fingerprint density at radius 2 is 1.83 bits per heavy atom. The van der Waals surface area contributed by atoms with E-state index < -0.39 is 5.91 Å². The molecule has 0 heterocycles. The van der Waals surface area contributed by atoms with E-state index in [0.717, 1.165) is 14.7 Å². The summed E-state index contributed by atoms with van der Waals surface area (Å²) in [5, 5.41) is 0.631. The van der Waals surface area contributed by atoms with Gasteiger partial charge < -0.3 is 4.74 Å². The Hall–Kier alpha value is -1.80. The first-order chi connectivity index (χ1) is 11.4. The third kappa shape index (κ3) is 5.10. The molecule has 0 aliphatic heterocycles. The molecule has 2 N–H and O–H groups in total. The van der Waals surface area contributed by atoms with Gasteiger partial charge in [-0.1, -0.05) is 17.7 Å². The largest absolute Gasteiger partial charge is 0.484 e. The summed E-state index contributed by atoms with van der Waals surface area (Å²) < 4.78 is 6.33. The van der Waals surface area contributed by atoms with Gasteiger partial charge >= 0.3 is 0 Å². The number of aryl methyl sites for hydroxylation is 2. The summed E-state index contributed by atoms with van der Waals surface area (Å²) in [7, 11) is 0. The van der Waals surface area contributed by atoms with Crippen LogP contribution in [-0.4, -0.2) is 18.4 Å². The zero-order chi connectivity index (χ0) is 17.7. The van der Waals surface area contributed by atoms with Crippen molar-refractivity contribution in [1.82, 2.24) is 10.9 Å². The van der Waals surface area contributed by atoms with Gasteiger partial charge in [-0.2, -0.15) is 0 Å². The number of carbonyl (C=O) groups is 2. The molecule has 2 rings (SSSR count). The number of rotatable bonds is 4. The maximum atomic E-state index is 12.0. The molecule has 24 heavy (non-hydrogen) atoms. The molecule has 0 radical (unpaired) electrons. The second kappa shape index (κ2) is 8.34. The lowest BCUT2D eigenvalue weighted by Crippen LogP contribution is -2.43. The highest BCUT2D eigenvalue weighted by Gasteiger charge is 2.09. The second-order valence-corrected chi connectivity index (χ2v) is 6.74. The van der Waals surface area contributed by atoms with Gasteiger partial charge in [-0.25, -0.2) is 0 Å². The fourth-order valence-corrected chi connectivity index (χ4v) is 2.46. The van der Waals surface area contributed by atoms with Crippen molar-refractivity contribution in [2.45, 2.75) is 13.8 Å². The Morgan fingerprint density at radius 1 is 1.08 bits per heavy atom. The fraction of sp³-hybridized carbons (Fsp3) is 0.176. The van der Waals surface area contributed by atoms with Gasteiger partial charge in [0.25, 0.3) is 11.8 Å². The van der Waals surface area contributed by atoms with E-state index in [-0.39, 0.29) is 12.5 Å². The molecular formula is C17H16ClIN2O3. The van der Waals surface area contributed by atoms with Crippen LogP contribution in [0.4, 0.5) is 0 Å². The molecule has 0 aliphatic carbocycles. The lowest BCUT2D eigenvalue weighted by molar-refractivity contribution is -0.123. The predicted molar refractivity (Wildman–Crippen MR) is 101 cm³/mol. The highest BCUT2D eigenvalue weighted by Crippen LogP contribution is 2.20. The summed E-state index contributed by atoms with van der Waals surface area (Å²) >= 11 is 8.08. The average molecular weight is 459 g/mol. The van der Waals surface area contributed by atoms with Crippen molar-refractivity contribution >= 4 is 46.0 Å². The van der Waals surface area contributed by atoms with Crippen molar-refractivity contribution in [1.29, 1.82) is 0 Å². The van der Waals surface area contributed by atoms with Crippen LogP contribution in [0, 0.1) is 17.4 Å². The van der Waals surface area contributed by atoms with Crippen molar-refractivity contribution in [3.8, 4) is 5.75 Å². The number of carbonyl (C=O) groups excluding carboxylic acids is 2.